The number of aromatic amines is 1. The Morgan fingerprint density at radius 3 is 2.65 bits per heavy atom. The van der Waals surface area contributed by atoms with Crippen molar-refractivity contribution in [3.8, 4) is 0 Å². The molecule has 6 heteroatoms. The normalized spacial score (nSPS) is 26.4. The SMILES string of the molecule is C1CCc2[nH]c(C3CCCN3Cc3nnc(C4CC4)n3C3CC3)nc2C1. The van der Waals surface area contributed by atoms with E-state index in [1.54, 1.807) is 0 Å². The highest BCUT2D eigenvalue weighted by molar-refractivity contribution is 5.20. The Morgan fingerprint density at radius 1 is 0.962 bits per heavy atom. The predicted molar refractivity (Wildman–Crippen MR) is 97.9 cm³/mol. The van der Waals surface area contributed by atoms with Gasteiger partial charge in [-0.25, -0.2) is 4.98 Å². The van der Waals surface area contributed by atoms with Crippen LogP contribution in [-0.2, 0) is 19.4 Å². The van der Waals surface area contributed by atoms with E-state index in [1.807, 2.05) is 0 Å². The fourth-order valence-electron chi connectivity index (χ4n) is 4.94. The van der Waals surface area contributed by atoms with Crippen LogP contribution in [-0.4, -0.2) is 36.2 Å². The van der Waals surface area contributed by atoms with Crippen molar-refractivity contribution in [3.63, 3.8) is 0 Å². The molecule has 0 amide bonds. The second kappa shape index (κ2) is 5.91. The molecule has 1 saturated heterocycles. The van der Waals surface area contributed by atoms with Crippen molar-refractivity contribution in [2.24, 2.45) is 0 Å². The molecule has 1 atom stereocenters. The molecule has 3 aliphatic carbocycles. The van der Waals surface area contributed by atoms with Gasteiger partial charge in [0.15, 0.2) is 0 Å². The van der Waals surface area contributed by atoms with Crippen LogP contribution in [0.15, 0.2) is 0 Å². The lowest BCUT2D eigenvalue weighted by atomic mass is 10.0. The molecule has 138 valence electrons. The molecule has 2 saturated carbocycles. The summed E-state index contributed by atoms with van der Waals surface area (Å²) in [5, 5.41) is 9.23. The van der Waals surface area contributed by atoms with Gasteiger partial charge in [0.2, 0.25) is 0 Å². The average Bonchev–Trinajstić information content (AvgIpc) is 3.55. The van der Waals surface area contributed by atoms with Crippen LogP contribution in [0.1, 0.15) is 98.2 Å². The third-order valence-electron chi connectivity index (χ3n) is 6.64. The summed E-state index contributed by atoms with van der Waals surface area (Å²) in [6.07, 6.45) is 12.6. The van der Waals surface area contributed by atoms with Gasteiger partial charge in [0, 0.05) is 17.7 Å². The third-order valence-corrected chi connectivity index (χ3v) is 6.64. The van der Waals surface area contributed by atoms with E-state index in [0.29, 0.717) is 18.0 Å². The molecule has 26 heavy (non-hydrogen) atoms. The molecule has 0 bridgehead atoms. The van der Waals surface area contributed by atoms with Gasteiger partial charge in [-0.1, -0.05) is 0 Å². The zero-order valence-electron chi connectivity index (χ0n) is 15.5. The Balaban J connectivity index is 1.26. The number of rotatable bonds is 5. The quantitative estimate of drug-likeness (QED) is 0.895. The maximum absolute atomic E-state index is 5.00. The summed E-state index contributed by atoms with van der Waals surface area (Å²) in [7, 11) is 0. The minimum absolute atomic E-state index is 0.425. The summed E-state index contributed by atoms with van der Waals surface area (Å²) in [6, 6.07) is 1.10. The van der Waals surface area contributed by atoms with Crippen LogP contribution in [0.3, 0.4) is 0 Å². The minimum atomic E-state index is 0.425. The molecule has 1 aliphatic heterocycles. The molecule has 1 unspecified atom stereocenters. The summed E-state index contributed by atoms with van der Waals surface area (Å²) in [5.41, 5.74) is 2.73. The lowest BCUT2D eigenvalue weighted by molar-refractivity contribution is 0.230. The van der Waals surface area contributed by atoms with E-state index in [1.165, 1.54) is 86.6 Å². The van der Waals surface area contributed by atoms with Gasteiger partial charge in [0.1, 0.15) is 17.5 Å². The number of aromatic nitrogens is 5. The number of likely N-dealkylation sites (tertiary alicyclic amines) is 1. The number of nitrogens with zero attached hydrogens (tertiary/aromatic N) is 5. The van der Waals surface area contributed by atoms with E-state index in [9.17, 15) is 0 Å². The maximum Gasteiger partial charge on any atom is 0.147 e. The Kier molecular flexibility index (Phi) is 3.49. The average molecular weight is 352 g/mol. The molecule has 6 nitrogen and oxygen atoms in total. The van der Waals surface area contributed by atoms with Gasteiger partial charge < -0.3 is 9.55 Å². The zero-order valence-corrected chi connectivity index (χ0v) is 15.5. The second-order valence-electron chi connectivity index (χ2n) is 8.73. The smallest absolute Gasteiger partial charge is 0.147 e. The molecule has 3 fully saturated rings. The number of fused-ring (bicyclic) bond motifs is 1. The van der Waals surface area contributed by atoms with Crippen molar-refractivity contribution in [3.05, 3.63) is 28.9 Å². The van der Waals surface area contributed by atoms with Gasteiger partial charge in [-0.05, 0) is 70.8 Å². The van der Waals surface area contributed by atoms with Crippen LogP contribution >= 0.6 is 0 Å². The lowest BCUT2D eigenvalue weighted by Crippen LogP contribution is -2.25. The molecular weight excluding hydrogens is 324 g/mol. The first-order valence-corrected chi connectivity index (χ1v) is 10.6. The monoisotopic (exact) mass is 352 g/mol. The topological polar surface area (TPSA) is 62.6 Å². The highest BCUT2D eigenvalue weighted by Crippen LogP contribution is 2.45. The predicted octanol–water partition coefficient (Wildman–Crippen LogP) is 3.43. The van der Waals surface area contributed by atoms with Crippen molar-refractivity contribution in [2.45, 2.75) is 88.8 Å². The molecule has 6 rings (SSSR count). The van der Waals surface area contributed by atoms with Crippen molar-refractivity contribution in [1.82, 2.24) is 29.6 Å². The molecular formula is C20H28N6. The Hall–Kier alpha value is -1.69. The number of hydrogen-bond donors (Lipinski definition) is 1. The molecule has 0 spiro atoms. The maximum atomic E-state index is 5.00. The fraction of sp³-hybridized carbons (Fsp3) is 0.750. The number of nitrogens with one attached hydrogen (secondary N) is 1. The van der Waals surface area contributed by atoms with Gasteiger partial charge >= 0.3 is 0 Å². The first-order valence-electron chi connectivity index (χ1n) is 10.6. The van der Waals surface area contributed by atoms with Crippen LogP contribution in [0, 0.1) is 0 Å². The van der Waals surface area contributed by atoms with Crippen molar-refractivity contribution >= 4 is 0 Å². The third kappa shape index (κ3) is 2.61. The first-order chi connectivity index (χ1) is 12.9. The van der Waals surface area contributed by atoms with Crippen LogP contribution in [0.2, 0.25) is 0 Å². The van der Waals surface area contributed by atoms with E-state index >= 15 is 0 Å². The zero-order chi connectivity index (χ0) is 17.1. The largest absolute Gasteiger partial charge is 0.344 e. The van der Waals surface area contributed by atoms with Crippen molar-refractivity contribution in [2.75, 3.05) is 6.54 Å². The van der Waals surface area contributed by atoms with Gasteiger partial charge in [0.25, 0.3) is 0 Å². The van der Waals surface area contributed by atoms with Crippen molar-refractivity contribution < 1.29 is 0 Å². The molecule has 2 aromatic heterocycles. The molecule has 1 N–H and O–H groups in total. The summed E-state index contributed by atoms with van der Waals surface area (Å²) >= 11 is 0. The highest BCUT2D eigenvalue weighted by atomic mass is 15.3. The number of hydrogen-bond acceptors (Lipinski definition) is 4. The van der Waals surface area contributed by atoms with Crippen LogP contribution in [0.4, 0.5) is 0 Å². The lowest BCUT2D eigenvalue weighted by Gasteiger charge is -2.23. The summed E-state index contributed by atoms with van der Waals surface area (Å²) in [5.74, 6) is 4.35. The van der Waals surface area contributed by atoms with Crippen molar-refractivity contribution in [1.29, 1.82) is 0 Å². The Labute approximate surface area is 154 Å². The van der Waals surface area contributed by atoms with E-state index in [4.69, 9.17) is 4.98 Å². The van der Waals surface area contributed by atoms with Crippen LogP contribution < -0.4 is 0 Å². The number of H-pyrrole nitrogens is 1. The number of aryl methyl sites for hydroxylation is 2. The van der Waals surface area contributed by atoms with Gasteiger partial charge in [-0.15, -0.1) is 10.2 Å². The second-order valence-corrected chi connectivity index (χ2v) is 8.73. The van der Waals surface area contributed by atoms with Gasteiger partial charge in [-0.3, -0.25) is 4.90 Å². The van der Waals surface area contributed by atoms with E-state index in [0.717, 1.165) is 19.5 Å². The molecule has 3 heterocycles. The molecule has 4 aliphatic rings. The van der Waals surface area contributed by atoms with Gasteiger partial charge in [-0.2, -0.15) is 0 Å². The van der Waals surface area contributed by atoms with E-state index in [2.05, 4.69) is 24.6 Å². The minimum Gasteiger partial charge on any atom is -0.344 e. The van der Waals surface area contributed by atoms with Crippen LogP contribution in [0.5, 0.6) is 0 Å². The summed E-state index contributed by atoms with van der Waals surface area (Å²) in [6.45, 7) is 2.07. The summed E-state index contributed by atoms with van der Waals surface area (Å²) in [4.78, 5) is 11.3. The standard InChI is InChI=1S/C20H28N6/c1-2-5-16-15(4-1)21-19(22-16)17-6-3-11-25(17)12-18-23-24-20(13-7-8-13)26(18)14-9-10-14/h13-14,17H,1-12H2,(H,21,22). The van der Waals surface area contributed by atoms with E-state index in [-0.39, 0.29) is 0 Å². The highest BCUT2D eigenvalue weighted by Gasteiger charge is 2.38. The molecule has 2 aromatic rings. The van der Waals surface area contributed by atoms with Gasteiger partial charge in [0.05, 0.1) is 18.3 Å². The first kappa shape index (κ1) is 15.4. The number of imidazole rings is 1. The van der Waals surface area contributed by atoms with Crippen LogP contribution in [0.25, 0.3) is 0 Å². The fourth-order valence-corrected chi connectivity index (χ4v) is 4.94. The molecule has 0 radical (unpaired) electrons. The summed E-state index contributed by atoms with van der Waals surface area (Å²) < 4.78 is 2.50. The Morgan fingerprint density at radius 2 is 1.85 bits per heavy atom. The molecule has 0 aromatic carbocycles. The van der Waals surface area contributed by atoms with E-state index < -0.39 is 0 Å². The Bertz CT molecular complexity index is 789.